The molecule has 2 aromatic heterocycles. The quantitative estimate of drug-likeness (QED) is 0.662. The molecule has 3 rings (SSSR count). The first-order valence-electron chi connectivity index (χ1n) is 8.31. The van der Waals surface area contributed by atoms with Crippen LogP contribution in [-0.4, -0.2) is 46.9 Å². The summed E-state index contributed by atoms with van der Waals surface area (Å²) in [5, 5.41) is 0.737. The van der Waals surface area contributed by atoms with Crippen LogP contribution >= 0.6 is 0 Å². The van der Waals surface area contributed by atoms with E-state index >= 15 is 0 Å². The average Bonchev–Trinajstić information content (AvgIpc) is 2.67. The summed E-state index contributed by atoms with van der Waals surface area (Å²) in [6.45, 7) is 1.91. The van der Waals surface area contributed by atoms with Gasteiger partial charge < -0.3 is 9.64 Å². The molecule has 6 heteroatoms. The van der Waals surface area contributed by atoms with E-state index in [1.54, 1.807) is 32.4 Å². The number of benzene rings is 1. The second-order valence-electron chi connectivity index (χ2n) is 5.78. The standard InChI is InChI=1S/C20H19N3O3/c1-3-26-19(24)13-23(2)20(25)16-11-18(14-7-6-10-21-12-14)22-17-9-5-4-8-15(16)17/h4-12H,3,13H2,1-2H3. The van der Waals surface area contributed by atoms with E-state index < -0.39 is 5.97 Å². The lowest BCUT2D eigenvalue weighted by molar-refractivity contribution is -0.143. The summed E-state index contributed by atoms with van der Waals surface area (Å²) in [5.74, 6) is -0.698. The number of carbonyl (C=O) groups is 2. The molecule has 0 bridgehead atoms. The van der Waals surface area contributed by atoms with Crippen molar-refractivity contribution in [2.24, 2.45) is 0 Å². The van der Waals surface area contributed by atoms with Crippen molar-refractivity contribution in [1.29, 1.82) is 0 Å². The van der Waals surface area contributed by atoms with Crippen LogP contribution < -0.4 is 0 Å². The number of fused-ring (bicyclic) bond motifs is 1. The van der Waals surface area contributed by atoms with Gasteiger partial charge in [-0.25, -0.2) is 4.98 Å². The molecule has 0 N–H and O–H groups in total. The fourth-order valence-corrected chi connectivity index (χ4v) is 2.69. The number of rotatable bonds is 5. The first-order chi connectivity index (χ1) is 12.6. The Morgan fingerprint density at radius 3 is 2.69 bits per heavy atom. The van der Waals surface area contributed by atoms with Gasteiger partial charge in [0.25, 0.3) is 5.91 Å². The minimum absolute atomic E-state index is 0.106. The van der Waals surface area contributed by atoms with E-state index in [2.05, 4.69) is 9.97 Å². The third-order valence-electron chi connectivity index (χ3n) is 3.92. The van der Waals surface area contributed by atoms with Crippen molar-refractivity contribution in [2.45, 2.75) is 6.92 Å². The van der Waals surface area contributed by atoms with Gasteiger partial charge in [-0.05, 0) is 31.2 Å². The molecule has 0 unspecified atom stereocenters. The van der Waals surface area contributed by atoms with Gasteiger partial charge in [0.2, 0.25) is 0 Å². The number of hydrogen-bond acceptors (Lipinski definition) is 5. The van der Waals surface area contributed by atoms with E-state index in [0.717, 1.165) is 10.9 Å². The summed E-state index contributed by atoms with van der Waals surface area (Å²) in [6, 6.07) is 12.9. The van der Waals surface area contributed by atoms with Crippen molar-refractivity contribution in [3.63, 3.8) is 0 Å². The zero-order chi connectivity index (χ0) is 18.5. The van der Waals surface area contributed by atoms with E-state index in [0.29, 0.717) is 16.8 Å². The van der Waals surface area contributed by atoms with Gasteiger partial charge >= 0.3 is 5.97 Å². The van der Waals surface area contributed by atoms with Crippen LogP contribution in [0.4, 0.5) is 0 Å². The third kappa shape index (κ3) is 3.69. The number of nitrogens with zero attached hydrogens (tertiary/aromatic N) is 3. The molecule has 1 aromatic carbocycles. The molecular weight excluding hydrogens is 330 g/mol. The number of amides is 1. The molecule has 132 valence electrons. The van der Waals surface area contributed by atoms with Crippen LogP contribution in [0.2, 0.25) is 0 Å². The lowest BCUT2D eigenvalue weighted by Gasteiger charge is -2.18. The van der Waals surface area contributed by atoms with Crippen molar-refractivity contribution in [3.05, 3.63) is 60.4 Å². The van der Waals surface area contributed by atoms with E-state index in [4.69, 9.17) is 4.74 Å². The Kier molecular flexibility index (Phi) is 5.22. The number of likely N-dealkylation sites (N-methyl/N-ethyl adjacent to an activating group) is 1. The predicted octanol–water partition coefficient (Wildman–Crippen LogP) is 2.93. The van der Waals surface area contributed by atoms with E-state index in [9.17, 15) is 9.59 Å². The predicted molar refractivity (Wildman–Crippen MR) is 98.6 cm³/mol. The molecule has 0 aliphatic carbocycles. The summed E-state index contributed by atoms with van der Waals surface area (Å²) in [5.41, 5.74) is 2.67. The van der Waals surface area contributed by atoms with Gasteiger partial charge in [0, 0.05) is 30.4 Å². The van der Waals surface area contributed by atoms with Crippen LogP contribution in [0.5, 0.6) is 0 Å². The Balaban J connectivity index is 2.03. The van der Waals surface area contributed by atoms with E-state index in [1.807, 2.05) is 36.4 Å². The van der Waals surface area contributed by atoms with Gasteiger partial charge in [0.1, 0.15) is 6.54 Å². The van der Waals surface area contributed by atoms with E-state index in [-0.39, 0.29) is 19.1 Å². The monoisotopic (exact) mass is 349 g/mol. The van der Waals surface area contributed by atoms with Crippen LogP contribution in [0.3, 0.4) is 0 Å². The number of ether oxygens (including phenoxy) is 1. The summed E-state index contributed by atoms with van der Waals surface area (Å²) in [6.07, 6.45) is 3.39. The summed E-state index contributed by atoms with van der Waals surface area (Å²) in [4.78, 5) is 34.8. The zero-order valence-electron chi connectivity index (χ0n) is 14.7. The van der Waals surface area contributed by atoms with Crippen molar-refractivity contribution < 1.29 is 14.3 Å². The van der Waals surface area contributed by atoms with Crippen LogP contribution in [0, 0.1) is 0 Å². The maximum Gasteiger partial charge on any atom is 0.325 e. The van der Waals surface area contributed by atoms with Gasteiger partial charge in [0.05, 0.1) is 23.4 Å². The molecule has 1 amide bonds. The average molecular weight is 349 g/mol. The molecule has 0 saturated carbocycles. The van der Waals surface area contributed by atoms with Crippen LogP contribution in [0.25, 0.3) is 22.2 Å². The molecule has 0 spiro atoms. The highest BCUT2D eigenvalue weighted by Crippen LogP contribution is 2.25. The van der Waals surface area contributed by atoms with Crippen LogP contribution in [0.15, 0.2) is 54.9 Å². The van der Waals surface area contributed by atoms with Gasteiger partial charge in [0.15, 0.2) is 0 Å². The molecule has 0 fully saturated rings. The zero-order valence-corrected chi connectivity index (χ0v) is 14.7. The Morgan fingerprint density at radius 1 is 1.15 bits per heavy atom. The van der Waals surface area contributed by atoms with Crippen molar-refractivity contribution in [1.82, 2.24) is 14.9 Å². The smallest absolute Gasteiger partial charge is 0.325 e. The number of aromatic nitrogens is 2. The second-order valence-corrected chi connectivity index (χ2v) is 5.78. The highest BCUT2D eigenvalue weighted by atomic mass is 16.5. The van der Waals surface area contributed by atoms with Crippen LogP contribution in [0.1, 0.15) is 17.3 Å². The number of esters is 1. The molecule has 0 saturated heterocycles. The fraction of sp³-hybridized carbons (Fsp3) is 0.200. The Labute approximate surface area is 151 Å². The Bertz CT molecular complexity index is 941. The Morgan fingerprint density at radius 2 is 1.96 bits per heavy atom. The minimum Gasteiger partial charge on any atom is -0.465 e. The van der Waals surface area contributed by atoms with Gasteiger partial charge in [-0.1, -0.05) is 18.2 Å². The molecule has 6 nitrogen and oxygen atoms in total. The number of hydrogen-bond donors (Lipinski definition) is 0. The summed E-state index contributed by atoms with van der Waals surface area (Å²) < 4.78 is 4.93. The molecule has 0 atom stereocenters. The molecule has 2 heterocycles. The maximum atomic E-state index is 13.0. The topological polar surface area (TPSA) is 72.4 Å². The highest BCUT2D eigenvalue weighted by Gasteiger charge is 2.19. The van der Waals surface area contributed by atoms with Gasteiger partial charge in [-0.3, -0.25) is 14.6 Å². The normalized spacial score (nSPS) is 10.5. The SMILES string of the molecule is CCOC(=O)CN(C)C(=O)c1cc(-c2cccnc2)nc2ccccc12. The number of carbonyl (C=O) groups excluding carboxylic acids is 2. The van der Waals surface area contributed by atoms with Gasteiger partial charge in [-0.15, -0.1) is 0 Å². The first-order valence-corrected chi connectivity index (χ1v) is 8.31. The first kappa shape index (κ1) is 17.5. The Hall–Kier alpha value is -3.28. The molecule has 0 aliphatic heterocycles. The molecule has 0 aliphatic rings. The van der Waals surface area contributed by atoms with Crippen molar-refractivity contribution in [2.75, 3.05) is 20.2 Å². The van der Waals surface area contributed by atoms with Crippen molar-refractivity contribution in [3.8, 4) is 11.3 Å². The largest absolute Gasteiger partial charge is 0.465 e. The maximum absolute atomic E-state index is 13.0. The summed E-state index contributed by atoms with van der Waals surface area (Å²) >= 11 is 0. The lowest BCUT2D eigenvalue weighted by atomic mass is 10.0. The second kappa shape index (κ2) is 7.74. The molecule has 26 heavy (non-hydrogen) atoms. The minimum atomic E-state index is -0.436. The fourth-order valence-electron chi connectivity index (χ4n) is 2.69. The lowest BCUT2D eigenvalue weighted by Crippen LogP contribution is -2.33. The summed E-state index contributed by atoms with van der Waals surface area (Å²) in [7, 11) is 1.58. The highest BCUT2D eigenvalue weighted by molar-refractivity contribution is 6.07. The third-order valence-corrected chi connectivity index (χ3v) is 3.92. The van der Waals surface area contributed by atoms with E-state index in [1.165, 1.54) is 4.90 Å². The number of para-hydroxylation sites is 1. The van der Waals surface area contributed by atoms with Crippen LogP contribution in [-0.2, 0) is 9.53 Å². The van der Waals surface area contributed by atoms with Crippen molar-refractivity contribution >= 4 is 22.8 Å². The number of pyridine rings is 2. The molecular formula is C20H19N3O3. The van der Waals surface area contributed by atoms with Gasteiger partial charge in [-0.2, -0.15) is 0 Å². The molecule has 0 radical (unpaired) electrons. The molecule has 3 aromatic rings.